The van der Waals surface area contributed by atoms with E-state index in [0.29, 0.717) is 5.56 Å². The van der Waals surface area contributed by atoms with E-state index in [1.54, 1.807) is 6.07 Å². The SMILES string of the molecule is N#C/C(N)=C\c1cc(O)c(O)c(O)c1. The lowest BCUT2D eigenvalue weighted by atomic mass is 10.1. The topological polar surface area (TPSA) is 111 Å². The largest absolute Gasteiger partial charge is 0.504 e. The first-order valence-corrected chi connectivity index (χ1v) is 3.67. The van der Waals surface area contributed by atoms with Gasteiger partial charge in [-0.3, -0.25) is 0 Å². The number of hydrogen-bond donors (Lipinski definition) is 4. The predicted molar refractivity (Wildman–Crippen MR) is 49.2 cm³/mol. The molecule has 0 bridgehead atoms. The van der Waals surface area contributed by atoms with Crippen molar-refractivity contribution >= 4 is 6.08 Å². The fourth-order valence-electron chi connectivity index (χ4n) is 0.921. The number of rotatable bonds is 1. The zero-order valence-electron chi connectivity index (χ0n) is 7.10. The maximum absolute atomic E-state index is 9.10. The van der Waals surface area contributed by atoms with Crippen molar-refractivity contribution in [3.8, 4) is 23.3 Å². The molecule has 1 aromatic rings. The van der Waals surface area contributed by atoms with E-state index in [-0.39, 0.29) is 5.70 Å². The lowest BCUT2D eigenvalue weighted by Gasteiger charge is -2.02. The summed E-state index contributed by atoms with van der Waals surface area (Å²) >= 11 is 0. The number of phenolic OH excluding ortho intramolecular Hbond substituents is 3. The Balaban J connectivity index is 3.21. The summed E-state index contributed by atoms with van der Waals surface area (Å²) in [5, 5.41) is 35.6. The lowest BCUT2D eigenvalue weighted by Crippen LogP contribution is -1.91. The molecule has 0 aliphatic carbocycles. The molecule has 0 fully saturated rings. The van der Waals surface area contributed by atoms with E-state index >= 15 is 0 Å². The van der Waals surface area contributed by atoms with Crippen LogP contribution in [-0.2, 0) is 0 Å². The molecule has 0 atom stereocenters. The van der Waals surface area contributed by atoms with Crippen LogP contribution in [0, 0.1) is 11.3 Å². The molecule has 0 saturated heterocycles. The molecule has 0 saturated carbocycles. The molecule has 1 rings (SSSR count). The fraction of sp³-hybridized carbons (Fsp3) is 0. The van der Waals surface area contributed by atoms with Crippen LogP contribution >= 0.6 is 0 Å². The van der Waals surface area contributed by atoms with Crippen LogP contribution in [0.1, 0.15) is 5.56 Å². The highest BCUT2D eigenvalue weighted by Gasteiger charge is 2.06. The molecule has 0 unspecified atom stereocenters. The van der Waals surface area contributed by atoms with Crippen LogP contribution in [0.2, 0.25) is 0 Å². The normalized spacial score (nSPS) is 10.9. The van der Waals surface area contributed by atoms with Crippen molar-refractivity contribution in [2.75, 3.05) is 0 Å². The molecule has 0 amide bonds. The smallest absolute Gasteiger partial charge is 0.200 e. The highest BCUT2D eigenvalue weighted by Crippen LogP contribution is 2.35. The summed E-state index contributed by atoms with van der Waals surface area (Å²) in [5.74, 6) is -1.54. The zero-order chi connectivity index (χ0) is 10.7. The van der Waals surface area contributed by atoms with Crippen molar-refractivity contribution in [1.29, 1.82) is 5.26 Å². The van der Waals surface area contributed by atoms with Crippen LogP contribution in [-0.4, -0.2) is 15.3 Å². The second-order valence-electron chi connectivity index (χ2n) is 2.62. The Morgan fingerprint density at radius 2 is 1.79 bits per heavy atom. The van der Waals surface area contributed by atoms with Gasteiger partial charge in [-0.15, -0.1) is 0 Å². The Morgan fingerprint density at radius 3 is 2.21 bits per heavy atom. The lowest BCUT2D eigenvalue weighted by molar-refractivity contribution is 0.368. The highest BCUT2D eigenvalue weighted by atomic mass is 16.3. The number of benzene rings is 1. The van der Waals surface area contributed by atoms with Crippen LogP contribution in [0.4, 0.5) is 0 Å². The Hall–Kier alpha value is -2.35. The Bertz CT molecular complexity index is 409. The third-order valence-electron chi connectivity index (χ3n) is 1.54. The maximum Gasteiger partial charge on any atom is 0.200 e. The van der Waals surface area contributed by atoms with Gasteiger partial charge in [-0.05, 0) is 23.8 Å². The number of hydrogen-bond acceptors (Lipinski definition) is 5. The standard InChI is InChI=1S/C9H8N2O3/c10-4-6(11)1-5-2-7(12)9(14)8(13)3-5/h1-3,12-14H,11H2/b6-1+. The predicted octanol–water partition coefficient (Wildman–Crippen LogP) is 0.627. The summed E-state index contributed by atoms with van der Waals surface area (Å²) in [6.45, 7) is 0. The van der Waals surface area contributed by atoms with Gasteiger partial charge in [0.2, 0.25) is 0 Å². The third kappa shape index (κ3) is 1.87. The van der Waals surface area contributed by atoms with Crippen LogP contribution in [0.25, 0.3) is 6.08 Å². The van der Waals surface area contributed by atoms with Crippen molar-refractivity contribution in [2.24, 2.45) is 5.73 Å². The summed E-state index contributed by atoms with van der Waals surface area (Å²) in [6, 6.07) is 4.04. The van der Waals surface area contributed by atoms with Crippen molar-refractivity contribution in [1.82, 2.24) is 0 Å². The number of allylic oxidation sites excluding steroid dienone is 1. The molecule has 5 nitrogen and oxygen atoms in total. The second-order valence-corrected chi connectivity index (χ2v) is 2.62. The monoisotopic (exact) mass is 192 g/mol. The molecule has 1 aromatic carbocycles. The van der Waals surface area contributed by atoms with Gasteiger partial charge in [0.25, 0.3) is 0 Å². The summed E-state index contributed by atoms with van der Waals surface area (Å²) in [7, 11) is 0. The number of nitriles is 1. The molecule has 5 heteroatoms. The molecule has 0 heterocycles. The van der Waals surface area contributed by atoms with Crippen LogP contribution in [0.15, 0.2) is 17.8 Å². The van der Waals surface area contributed by atoms with E-state index in [1.165, 1.54) is 18.2 Å². The molecule has 72 valence electrons. The first-order valence-electron chi connectivity index (χ1n) is 3.67. The van der Waals surface area contributed by atoms with Crippen molar-refractivity contribution < 1.29 is 15.3 Å². The van der Waals surface area contributed by atoms with Crippen molar-refractivity contribution in [3.05, 3.63) is 23.4 Å². The molecule has 0 aliphatic rings. The molecule has 14 heavy (non-hydrogen) atoms. The Kier molecular flexibility index (Phi) is 2.49. The van der Waals surface area contributed by atoms with E-state index < -0.39 is 17.2 Å². The first-order chi connectivity index (χ1) is 6.54. The summed E-state index contributed by atoms with van der Waals surface area (Å²) in [6.07, 6.45) is 1.26. The van der Waals surface area contributed by atoms with Gasteiger partial charge < -0.3 is 21.1 Å². The van der Waals surface area contributed by atoms with Crippen LogP contribution in [0.3, 0.4) is 0 Å². The molecule has 0 aromatic heterocycles. The molecular weight excluding hydrogens is 184 g/mol. The van der Waals surface area contributed by atoms with Gasteiger partial charge in [-0.1, -0.05) is 0 Å². The van der Waals surface area contributed by atoms with Crippen LogP contribution < -0.4 is 5.73 Å². The molecular formula is C9H8N2O3. The fourth-order valence-corrected chi connectivity index (χ4v) is 0.921. The van der Waals surface area contributed by atoms with Gasteiger partial charge in [0, 0.05) is 0 Å². The zero-order valence-corrected chi connectivity index (χ0v) is 7.10. The minimum atomic E-state index is -0.599. The van der Waals surface area contributed by atoms with E-state index in [9.17, 15) is 0 Å². The molecule has 0 aliphatic heterocycles. The molecule has 0 radical (unpaired) electrons. The van der Waals surface area contributed by atoms with Gasteiger partial charge in [0.1, 0.15) is 11.8 Å². The van der Waals surface area contributed by atoms with Gasteiger partial charge in [0.15, 0.2) is 17.2 Å². The van der Waals surface area contributed by atoms with E-state index in [2.05, 4.69) is 0 Å². The summed E-state index contributed by atoms with van der Waals surface area (Å²) < 4.78 is 0. The molecule has 0 spiro atoms. The summed E-state index contributed by atoms with van der Waals surface area (Å²) in [4.78, 5) is 0. The highest BCUT2D eigenvalue weighted by molar-refractivity contribution is 5.63. The number of nitrogens with two attached hydrogens (primary N) is 1. The Morgan fingerprint density at radius 1 is 1.29 bits per heavy atom. The maximum atomic E-state index is 9.10. The second kappa shape index (κ2) is 3.58. The minimum Gasteiger partial charge on any atom is -0.504 e. The van der Waals surface area contributed by atoms with Gasteiger partial charge >= 0.3 is 0 Å². The number of phenols is 3. The Labute approximate surface area is 80.0 Å². The van der Waals surface area contributed by atoms with Gasteiger partial charge in [-0.2, -0.15) is 5.26 Å². The van der Waals surface area contributed by atoms with Crippen molar-refractivity contribution in [3.63, 3.8) is 0 Å². The number of nitrogens with zero attached hydrogens (tertiary/aromatic N) is 1. The first kappa shape index (κ1) is 9.74. The summed E-state index contributed by atoms with van der Waals surface area (Å²) in [5.41, 5.74) is 5.49. The van der Waals surface area contributed by atoms with E-state index in [4.69, 9.17) is 26.3 Å². The number of aromatic hydroxyl groups is 3. The van der Waals surface area contributed by atoms with E-state index in [0.717, 1.165) is 0 Å². The minimum absolute atomic E-state index is 0.0607. The average molecular weight is 192 g/mol. The van der Waals surface area contributed by atoms with Crippen molar-refractivity contribution in [2.45, 2.75) is 0 Å². The average Bonchev–Trinajstić information content (AvgIpc) is 2.14. The third-order valence-corrected chi connectivity index (χ3v) is 1.54. The van der Waals surface area contributed by atoms with Gasteiger partial charge in [-0.25, -0.2) is 0 Å². The molecule has 5 N–H and O–H groups in total. The van der Waals surface area contributed by atoms with Gasteiger partial charge in [0.05, 0.1) is 0 Å². The quantitative estimate of drug-likeness (QED) is 0.385. The van der Waals surface area contributed by atoms with E-state index in [1.807, 2.05) is 0 Å². The van der Waals surface area contributed by atoms with Crippen LogP contribution in [0.5, 0.6) is 17.2 Å².